The van der Waals surface area contributed by atoms with Crippen LogP contribution in [0.2, 0.25) is 5.02 Å². The van der Waals surface area contributed by atoms with Gasteiger partial charge in [-0.3, -0.25) is 0 Å². The molecule has 0 heterocycles. The van der Waals surface area contributed by atoms with Crippen LogP contribution in [-0.2, 0) is 0 Å². The molecule has 0 bridgehead atoms. The van der Waals surface area contributed by atoms with Gasteiger partial charge in [-0.1, -0.05) is 23.7 Å². The largest absolute Gasteiger partial charge is 0.320 e. The van der Waals surface area contributed by atoms with Crippen molar-refractivity contribution in [1.29, 1.82) is 0 Å². The fourth-order valence-electron chi connectivity index (χ4n) is 1.77. The van der Waals surface area contributed by atoms with Gasteiger partial charge in [-0.15, -0.1) is 0 Å². The van der Waals surface area contributed by atoms with Crippen molar-refractivity contribution in [2.45, 2.75) is 13.0 Å². The van der Waals surface area contributed by atoms with Crippen molar-refractivity contribution in [3.8, 4) is 0 Å². The fourth-order valence-corrected chi connectivity index (χ4v) is 2.04. The number of hydrogen-bond donors (Lipinski definition) is 1. The number of nitrogens with two attached hydrogens (primary N) is 1. The Morgan fingerprint density at radius 1 is 1.11 bits per heavy atom. The first-order valence-corrected chi connectivity index (χ1v) is 5.83. The number of halogens is 3. The van der Waals surface area contributed by atoms with Crippen molar-refractivity contribution in [1.82, 2.24) is 0 Å². The summed E-state index contributed by atoms with van der Waals surface area (Å²) in [5.74, 6) is -0.692. The van der Waals surface area contributed by atoms with Gasteiger partial charge >= 0.3 is 0 Å². The zero-order valence-corrected chi connectivity index (χ0v) is 10.5. The van der Waals surface area contributed by atoms with Crippen molar-refractivity contribution in [3.05, 3.63) is 69.7 Å². The Morgan fingerprint density at radius 3 is 2.33 bits per heavy atom. The van der Waals surface area contributed by atoms with Gasteiger partial charge in [0.25, 0.3) is 0 Å². The Bertz CT molecular complexity index is 567. The maximum atomic E-state index is 13.3. The smallest absolute Gasteiger partial charge is 0.127 e. The summed E-state index contributed by atoms with van der Waals surface area (Å²) in [5, 5.41) is 0.273. The minimum absolute atomic E-state index is 0.273. The molecule has 0 spiro atoms. The Balaban J connectivity index is 2.42. The van der Waals surface area contributed by atoms with Gasteiger partial charge in [-0.25, -0.2) is 8.78 Å². The number of benzene rings is 2. The minimum atomic E-state index is -0.502. The van der Waals surface area contributed by atoms with E-state index in [4.69, 9.17) is 17.3 Å². The SMILES string of the molecule is Cc1cc(C(N)c2ccc(F)cc2)c(Cl)cc1F. The quantitative estimate of drug-likeness (QED) is 0.875. The third-order valence-corrected chi connectivity index (χ3v) is 3.17. The maximum Gasteiger partial charge on any atom is 0.127 e. The highest BCUT2D eigenvalue weighted by Crippen LogP contribution is 2.28. The summed E-state index contributed by atoms with van der Waals surface area (Å²) in [6.45, 7) is 1.65. The Kier molecular flexibility index (Phi) is 3.64. The molecule has 2 aromatic carbocycles. The predicted octanol–water partition coefficient (Wildman–Crippen LogP) is 3.97. The number of aryl methyl sites for hydroxylation is 1. The van der Waals surface area contributed by atoms with Crippen LogP contribution >= 0.6 is 11.6 Å². The van der Waals surface area contributed by atoms with Crippen LogP contribution in [0.4, 0.5) is 8.78 Å². The molecule has 4 heteroatoms. The minimum Gasteiger partial charge on any atom is -0.320 e. The Labute approximate surface area is 109 Å². The highest BCUT2D eigenvalue weighted by molar-refractivity contribution is 6.31. The van der Waals surface area contributed by atoms with Gasteiger partial charge in [0.2, 0.25) is 0 Å². The molecule has 0 aromatic heterocycles. The van der Waals surface area contributed by atoms with E-state index in [0.29, 0.717) is 11.1 Å². The van der Waals surface area contributed by atoms with Crippen LogP contribution in [0.15, 0.2) is 36.4 Å². The lowest BCUT2D eigenvalue weighted by molar-refractivity contribution is 0.616. The van der Waals surface area contributed by atoms with Crippen molar-refractivity contribution >= 4 is 11.6 Å². The van der Waals surface area contributed by atoms with E-state index in [0.717, 1.165) is 5.56 Å². The fraction of sp³-hybridized carbons (Fsp3) is 0.143. The van der Waals surface area contributed by atoms with Crippen LogP contribution in [0.25, 0.3) is 0 Å². The Morgan fingerprint density at radius 2 is 1.72 bits per heavy atom. The molecule has 0 saturated carbocycles. The topological polar surface area (TPSA) is 26.0 Å². The van der Waals surface area contributed by atoms with Crippen molar-refractivity contribution in [3.63, 3.8) is 0 Å². The number of rotatable bonds is 2. The molecule has 1 nitrogen and oxygen atoms in total. The number of hydrogen-bond acceptors (Lipinski definition) is 1. The maximum absolute atomic E-state index is 13.3. The average Bonchev–Trinajstić information content (AvgIpc) is 2.34. The molecule has 2 N–H and O–H groups in total. The normalized spacial score (nSPS) is 12.5. The van der Waals surface area contributed by atoms with Crippen LogP contribution in [-0.4, -0.2) is 0 Å². The standard InChI is InChI=1S/C14H12ClF2N/c1-8-6-11(12(15)7-13(8)17)14(18)9-2-4-10(16)5-3-9/h2-7,14H,18H2,1H3. The molecule has 94 valence electrons. The zero-order chi connectivity index (χ0) is 13.3. The summed E-state index contributed by atoms with van der Waals surface area (Å²) in [7, 11) is 0. The van der Waals surface area contributed by atoms with E-state index in [2.05, 4.69) is 0 Å². The second-order valence-corrected chi connectivity index (χ2v) is 4.56. The second kappa shape index (κ2) is 5.04. The summed E-state index contributed by atoms with van der Waals surface area (Å²) in [6, 6.07) is 8.21. The van der Waals surface area contributed by atoms with Crippen LogP contribution in [0.3, 0.4) is 0 Å². The van der Waals surface area contributed by atoms with E-state index in [1.165, 1.54) is 18.2 Å². The van der Waals surface area contributed by atoms with E-state index in [9.17, 15) is 8.78 Å². The highest BCUT2D eigenvalue weighted by atomic mass is 35.5. The first-order valence-electron chi connectivity index (χ1n) is 5.45. The lowest BCUT2D eigenvalue weighted by Crippen LogP contribution is -2.13. The molecule has 0 saturated heterocycles. The first kappa shape index (κ1) is 13.0. The van der Waals surface area contributed by atoms with Gasteiger partial charge < -0.3 is 5.73 Å². The van der Waals surface area contributed by atoms with E-state index in [-0.39, 0.29) is 16.7 Å². The Hall–Kier alpha value is -1.45. The monoisotopic (exact) mass is 267 g/mol. The molecule has 2 aromatic rings. The van der Waals surface area contributed by atoms with Gasteiger partial charge in [-0.2, -0.15) is 0 Å². The molecule has 0 aliphatic heterocycles. The first-order chi connectivity index (χ1) is 8.49. The van der Waals surface area contributed by atoms with Crippen LogP contribution < -0.4 is 5.73 Å². The summed E-state index contributed by atoms with van der Waals surface area (Å²) in [5.41, 5.74) is 7.89. The average molecular weight is 268 g/mol. The molecule has 0 amide bonds. The summed E-state index contributed by atoms with van der Waals surface area (Å²) in [4.78, 5) is 0. The highest BCUT2D eigenvalue weighted by Gasteiger charge is 2.14. The van der Waals surface area contributed by atoms with Crippen molar-refractivity contribution in [2.24, 2.45) is 5.73 Å². The third kappa shape index (κ3) is 2.52. The summed E-state index contributed by atoms with van der Waals surface area (Å²) in [6.07, 6.45) is 0. The predicted molar refractivity (Wildman–Crippen MR) is 68.6 cm³/mol. The van der Waals surface area contributed by atoms with Crippen LogP contribution in [0, 0.1) is 18.6 Å². The molecule has 0 aliphatic carbocycles. The summed E-state index contributed by atoms with van der Waals surface area (Å²) < 4.78 is 26.1. The molecule has 2 rings (SSSR count). The molecule has 1 atom stereocenters. The summed E-state index contributed by atoms with van der Waals surface area (Å²) >= 11 is 5.98. The van der Waals surface area contributed by atoms with E-state index >= 15 is 0 Å². The van der Waals surface area contributed by atoms with Crippen molar-refractivity contribution in [2.75, 3.05) is 0 Å². The lowest BCUT2D eigenvalue weighted by atomic mass is 9.98. The molecular weight excluding hydrogens is 256 g/mol. The van der Waals surface area contributed by atoms with E-state index < -0.39 is 6.04 Å². The molecule has 18 heavy (non-hydrogen) atoms. The lowest BCUT2D eigenvalue weighted by Gasteiger charge is -2.15. The molecular formula is C14H12ClF2N. The molecule has 1 unspecified atom stereocenters. The van der Waals surface area contributed by atoms with Crippen LogP contribution in [0.1, 0.15) is 22.7 Å². The molecule has 0 radical (unpaired) electrons. The molecule has 0 aliphatic rings. The van der Waals surface area contributed by atoms with E-state index in [1.807, 2.05) is 0 Å². The van der Waals surface area contributed by atoms with Gasteiger partial charge in [0.1, 0.15) is 11.6 Å². The molecule has 0 fully saturated rings. The van der Waals surface area contributed by atoms with E-state index in [1.54, 1.807) is 25.1 Å². The van der Waals surface area contributed by atoms with Crippen molar-refractivity contribution < 1.29 is 8.78 Å². The zero-order valence-electron chi connectivity index (χ0n) is 9.75. The van der Waals surface area contributed by atoms with Gasteiger partial charge in [0, 0.05) is 5.02 Å². The second-order valence-electron chi connectivity index (χ2n) is 4.15. The van der Waals surface area contributed by atoms with Gasteiger partial charge in [0.15, 0.2) is 0 Å². The van der Waals surface area contributed by atoms with Crippen LogP contribution in [0.5, 0.6) is 0 Å². The van der Waals surface area contributed by atoms with Gasteiger partial charge in [-0.05, 0) is 47.9 Å². The third-order valence-electron chi connectivity index (χ3n) is 2.84. The van der Waals surface area contributed by atoms with Gasteiger partial charge in [0.05, 0.1) is 6.04 Å².